The number of nitrogens with one attached hydrogen (secondary N) is 4. The summed E-state index contributed by atoms with van der Waals surface area (Å²) in [5, 5.41) is 13.1. The van der Waals surface area contributed by atoms with E-state index in [2.05, 4.69) is 25.8 Å². The molecule has 1 atom stereocenters. The van der Waals surface area contributed by atoms with Gasteiger partial charge in [-0.25, -0.2) is 9.18 Å². The molecular weight excluding hydrogens is 333 g/mol. The summed E-state index contributed by atoms with van der Waals surface area (Å²) < 4.78 is 13.4. The van der Waals surface area contributed by atoms with Crippen LogP contribution in [0.2, 0.25) is 5.02 Å². The molecule has 2 heterocycles. The Morgan fingerprint density at radius 2 is 2.25 bits per heavy atom. The molecule has 0 saturated heterocycles. The summed E-state index contributed by atoms with van der Waals surface area (Å²) in [6.07, 6.45) is 5.81. The standard InChI is InChI=1S/C16H17ClFN5O/c1-9(11-7-21-22-8-11)23-16(24)19-3-2-10-6-20-15-5-14(18)13(17)4-12(10)15/h4-9,20H,2-3H2,1H3,(H,21,22)(H2,19,23,24). The molecular formula is C16H17ClFN5O. The highest BCUT2D eigenvalue weighted by Crippen LogP contribution is 2.25. The van der Waals surface area contributed by atoms with E-state index in [0.717, 1.165) is 16.5 Å². The zero-order chi connectivity index (χ0) is 17.1. The lowest BCUT2D eigenvalue weighted by atomic mass is 10.1. The summed E-state index contributed by atoms with van der Waals surface area (Å²) in [6.45, 7) is 2.33. The van der Waals surface area contributed by atoms with E-state index in [4.69, 9.17) is 11.6 Å². The van der Waals surface area contributed by atoms with E-state index < -0.39 is 5.82 Å². The average molecular weight is 350 g/mol. The Morgan fingerprint density at radius 1 is 1.42 bits per heavy atom. The fourth-order valence-electron chi connectivity index (χ4n) is 2.52. The number of benzene rings is 1. The highest BCUT2D eigenvalue weighted by Gasteiger charge is 2.11. The first kappa shape index (κ1) is 16.3. The molecule has 6 nitrogen and oxygen atoms in total. The van der Waals surface area contributed by atoms with Gasteiger partial charge in [-0.05, 0) is 31.0 Å². The second-order valence-electron chi connectivity index (χ2n) is 5.53. The number of amides is 2. The first-order valence-electron chi connectivity index (χ1n) is 7.52. The predicted molar refractivity (Wildman–Crippen MR) is 90.5 cm³/mol. The zero-order valence-electron chi connectivity index (χ0n) is 13.0. The predicted octanol–water partition coefficient (Wildman–Crippen LogP) is 3.29. The van der Waals surface area contributed by atoms with Crippen LogP contribution in [0.25, 0.3) is 10.9 Å². The van der Waals surface area contributed by atoms with Crippen LogP contribution in [-0.4, -0.2) is 27.8 Å². The quantitative estimate of drug-likeness (QED) is 0.569. The topological polar surface area (TPSA) is 85.6 Å². The lowest BCUT2D eigenvalue weighted by Crippen LogP contribution is -2.37. The van der Waals surface area contributed by atoms with Crippen LogP contribution in [-0.2, 0) is 6.42 Å². The molecule has 0 aliphatic rings. The third-order valence-electron chi connectivity index (χ3n) is 3.86. The van der Waals surface area contributed by atoms with E-state index in [1.54, 1.807) is 24.7 Å². The molecule has 8 heteroatoms. The molecule has 0 aliphatic heterocycles. The molecule has 4 N–H and O–H groups in total. The summed E-state index contributed by atoms with van der Waals surface area (Å²) >= 11 is 5.83. The van der Waals surface area contributed by atoms with Crippen molar-refractivity contribution in [2.45, 2.75) is 19.4 Å². The first-order chi connectivity index (χ1) is 11.5. The van der Waals surface area contributed by atoms with Crippen molar-refractivity contribution < 1.29 is 9.18 Å². The number of carbonyl (C=O) groups is 1. The van der Waals surface area contributed by atoms with Crippen molar-refractivity contribution in [1.82, 2.24) is 25.8 Å². The van der Waals surface area contributed by atoms with Gasteiger partial charge in [0.1, 0.15) is 5.82 Å². The molecule has 24 heavy (non-hydrogen) atoms. The largest absolute Gasteiger partial charge is 0.361 e. The molecule has 0 spiro atoms. The Kier molecular flexibility index (Phi) is 4.71. The summed E-state index contributed by atoms with van der Waals surface area (Å²) in [5.74, 6) is -0.455. The molecule has 0 aliphatic carbocycles. The lowest BCUT2D eigenvalue weighted by molar-refractivity contribution is 0.238. The maximum atomic E-state index is 13.4. The summed E-state index contributed by atoms with van der Waals surface area (Å²) in [4.78, 5) is 14.9. The Bertz CT molecular complexity index is 846. The Hall–Kier alpha value is -2.54. The van der Waals surface area contributed by atoms with Gasteiger partial charge in [-0.3, -0.25) is 5.10 Å². The van der Waals surface area contributed by atoms with Crippen molar-refractivity contribution in [2.75, 3.05) is 6.54 Å². The first-order valence-corrected chi connectivity index (χ1v) is 7.90. The van der Waals surface area contributed by atoms with Crippen LogP contribution in [0, 0.1) is 5.82 Å². The van der Waals surface area contributed by atoms with Gasteiger partial charge in [-0.15, -0.1) is 0 Å². The Morgan fingerprint density at radius 3 is 3.00 bits per heavy atom. The summed E-state index contributed by atoms with van der Waals surface area (Å²) in [6, 6.07) is 2.57. The number of fused-ring (bicyclic) bond motifs is 1. The van der Waals surface area contributed by atoms with Crippen molar-refractivity contribution in [3.63, 3.8) is 0 Å². The molecule has 1 aromatic carbocycles. The molecule has 0 fully saturated rings. The van der Waals surface area contributed by atoms with E-state index in [0.29, 0.717) is 18.5 Å². The van der Waals surface area contributed by atoms with E-state index in [1.165, 1.54) is 6.07 Å². The summed E-state index contributed by atoms with van der Waals surface area (Å²) in [7, 11) is 0. The minimum Gasteiger partial charge on any atom is -0.361 e. The highest BCUT2D eigenvalue weighted by atomic mass is 35.5. The molecule has 0 bridgehead atoms. The normalized spacial score (nSPS) is 12.3. The number of hydrogen-bond acceptors (Lipinski definition) is 2. The van der Waals surface area contributed by atoms with Gasteiger partial charge in [0.25, 0.3) is 0 Å². The van der Waals surface area contributed by atoms with Gasteiger partial charge in [0.2, 0.25) is 0 Å². The fourth-order valence-corrected chi connectivity index (χ4v) is 2.68. The van der Waals surface area contributed by atoms with E-state index in [9.17, 15) is 9.18 Å². The second-order valence-corrected chi connectivity index (χ2v) is 5.94. The van der Waals surface area contributed by atoms with Crippen LogP contribution in [0.1, 0.15) is 24.1 Å². The average Bonchev–Trinajstić information content (AvgIpc) is 3.19. The van der Waals surface area contributed by atoms with Crippen LogP contribution >= 0.6 is 11.6 Å². The maximum absolute atomic E-state index is 13.4. The van der Waals surface area contributed by atoms with E-state index >= 15 is 0 Å². The highest BCUT2D eigenvalue weighted by molar-refractivity contribution is 6.31. The molecule has 1 unspecified atom stereocenters. The van der Waals surface area contributed by atoms with Crippen LogP contribution < -0.4 is 10.6 Å². The van der Waals surface area contributed by atoms with Gasteiger partial charge in [0, 0.05) is 35.4 Å². The number of aromatic nitrogens is 3. The molecule has 126 valence electrons. The van der Waals surface area contributed by atoms with Crippen molar-refractivity contribution in [1.29, 1.82) is 0 Å². The SMILES string of the molecule is CC(NC(=O)NCCc1c[nH]c2cc(F)c(Cl)cc12)c1cn[nH]c1. The molecule has 0 saturated carbocycles. The molecule has 2 amide bonds. The molecule has 3 rings (SSSR count). The monoisotopic (exact) mass is 349 g/mol. The molecule has 3 aromatic rings. The number of urea groups is 1. The Labute approximate surface area is 142 Å². The smallest absolute Gasteiger partial charge is 0.315 e. The number of hydrogen-bond donors (Lipinski definition) is 4. The van der Waals surface area contributed by atoms with Crippen molar-refractivity contribution in [3.8, 4) is 0 Å². The Balaban J connectivity index is 1.55. The fraction of sp³-hybridized carbons (Fsp3) is 0.250. The van der Waals surface area contributed by atoms with Gasteiger partial charge >= 0.3 is 6.03 Å². The van der Waals surface area contributed by atoms with Gasteiger partial charge in [0.05, 0.1) is 17.3 Å². The van der Waals surface area contributed by atoms with Crippen LogP contribution in [0.5, 0.6) is 0 Å². The number of rotatable bonds is 5. The van der Waals surface area contributed by atoms with Gasteiger partial charge in [-0.2, -0.15) is 5.10 Å². The van der Waals surface area contributed by atoms with Crippen molar-refractivity contribution >= 4 is 28.5 Å². The van der Waals surface area contributed by atoms with Crippen molar-refractivity contribution in [2.24, 2.45) is 0 Å². The molecule has 2 aromatic heterocycles. The van der Waals surface area contributed by atoms with Gasteiger partial charge in [0.15, 0.2) is 0 Å². The van der Waals surface area contributed by atoms with Crippen LogP contribution in [0.15, 0.2) is 30.7 Å². The maximum Gasteiger partial charge on any atom is 0.315 e. The number of aromatic amines is 2. The number of halogens is 2. The molecule has 0 radical (unpaired) electrons. The van der Waals surface area contributed by atoms with Crippen molar-refractivity contribution in [3.05, 3.63) is 52.7 Å². The zero-order valence-corrected chi connectivity index (χ0v) is 13.7. The van der Waals surface area contributed by atoms with Gasteiger partial charge in [-0.1, -0.05) is 11.6 Å². The van der Waals surface area contributed by atoms with Crippen LogP contribution in [0.4, 0.5) is 9.18 Å². The van der Waals surface area contributed by atoms with Crippen LogP contribution in [0.3, 0.4) is 0 Å². The minimum atomic E-state index is -0.455. The number of H-pyrrole nitrogens is 2. The third-order valence-corrected chi connectivity index (χ3v) is 4.14. The third kappa shape index (κ3) is 3.51. The number of carbonyl (C=O) groups excluding carboxylic acids is 1. The van der Waals surface area contributed by atoms with Gasteiger partial charge < -0.3 is 15.6 Å². The summed E-state index contributed by atoms with van der Waals surface area (Å²) in [5.41, 5.74) is 2.55. The van der Waals surface area contributed by atoms with E-state index in [1.807, 2.05) is 6.92 Å². The number of nitrogens with zero attached hydrogens (tertiary/aromatic N) is 1. The van der Waals surface area contributed by atoms with E-state index in [-0.39, 0.29) is 17.1 Å². The minimum absolute atomic E-state index is 0.0861. The second kappa shape index (κ2) is 6.92. The lowest BCUT2D eigenvalue weighted by Gasteiger charge is -2.13.